The SMILES string of the molecule is Cc1cc(C(=O)N2CCC(N3CCN(C(=O)c4ccc(Cl)cc4)CC3)C2)ccc1F. The highest BCUT2D eigenvalue weighted by atomic mass is 35.5. The fourth-order valence-electron chi connectivity index (χ4n) is 4.25. The van der Waals surface area contributed by atoms with Crippen LogP contribution in [-0.2, 0) is 0 Å². The third-order valence-electron chi connectivity index (χ3n) is 6.06. The first-order chi connectivity index (χ1) is 14.4. The number of nitrogens with zero attached hydrogens (tertiary/aromatic N) is 3. The Morgan fingerprint density at radius 1 is 0.900 bits per heavy atom. The lowest BCUT2D eigenvalue weighted by atomic mass is 10.1. The van der Waals surface area contributed by atoms with Gasteiger partial charge in [-0.15, -0.1) is 0 Å². The molecule has 2 amide bonds. The molecule has 2 aromatic rings. The van der Waals surface area contributed by atoms with Crippen LogP contribution < -0.4 is 0 Å². The van der Waals surface area contributed by atoms with Crippen LogP contribution in [0, 0.1) is 12.7 Å². The van der Waals surface area contributed by atoms with Gasteiger partial charge in [-0.05, 0) is 61.4 Å². The second-order valence-corrected chi connectivity index (χ2v) is 8.43. The lowest BCUT2D eigenvalue weighted by Crippen LogP contribution is -2.52. The maximum atomic E-state index is 13.5. The maximum Gasteiger partial charge on any atom is 0.253 e. The molecular weight excluding hydrogens is 405 g/mol. The van der Waals surface area contributed by atoms with Gasteiger partial charge in [0, 0.05) is 61.5 Å². The summed E-state index contributed by atoms with van der Waals surface area (Å²) < 4.78 is 13.5. The fraction of sp³-hybridized carbons (Fsp3) is 0.391. The smallest absolute Gasteiger partial charge is 0.253 e. The number of rotatable bonds is 3. The summed E-state index contributed by atoms with van der Waals surface area (Å²) in [6.07, 6.45) is 0.914. The van der Waals surface area contributed by atoms with E-state index in [0.29, 0.717) is 53.9 Å². The standard InChI is InChI=1S/C23H25ClFN3O2/c1-16-14-18(4-7-21(16)25)23(30)28-9-8-20(15-28)26-10-12-27(13-11-26)22(29)17-2-5-19(24)6-3-17/h2-7,14,20H,8-13,15H2,1H3. The van der Waals surface area contributed by atoms with Crippen LogP contribution in [0.4, 0.5) is 4.39 Å². The molecule has 0 spiro atoms. The number of amides is 2. The van der Waals surface area contributed by atoms with Gasteiger partial charge < -0.3 is 9.80 Å². The first kappa shape index (κ1) is 20.8. The minimum absolute atomic E-state index is 0.0289. The molecule has 2 aliphatic rings. The zero-order valence-electron chi connectivity index (χ0n) is 17.0. The van der Waals surface area contributed by atoms with Gasteiger partial charge in [0.1, 0.15) is 5.82 Å². The molecule has 0 radical (unpaired) electrons. The number of carbonyl (C=O) groups excluding carboxylic acids is 2. The van der Waals surface area contributed by atoms with Crippen LogP contribution in [-0.4, -0.2) is 71.8 Å². The topological polar surface area (TPSA) is 43.9 Å². The average molecular weight is 430 g/mol. The monoisotopic (exact) mass is 429 g/mol. The summed E-state index contributed by atoms with van der Waals surface area (Å²) in [5.74, 6) is -0.310. The molecule has 5 nitrogen and oxygen atoms in total. The molecule has 2 saturated heterocycles. The van der Waals surface area contributed by atoms with Gasteiger partial charge in [-0.3, -0.25) is 14.5 Å². The Morgan fingerprint density at radius 2 is 1.53 bits per heavy atom. The first-order valence-electron chi connectivity index (χ1n) is 10.3. The summed E-state index contributed by atoms with van der Waals surface area (Å²) in [4.78, 5) is 31.6. The third-order valence-corrected chi connectivity index (χ3v) is 6.32. The molecule has 0 N–H and O–H groups in total. The lowest BCUT2D eigenvalue weighted by molar-refractivity contribution is 0.0568. The zero-order valence-corrected chi connectivity index (χ0v) is 17.7. The van der Waals surface area contributed by atoms with Gasteiger partial charge >= 0.3 is 0 Å². The van der Waals surface area contributed by atoms with E-state index in [1.165, 1.54) is 6.07 Å². The molecule has 0 aliphatic carbocycles. The molecule has 0 saturated carbocycles. The summed E-state index contributed by atoms with van der Waals surface area (Å²) >= 11 is 5.91. The highest BCUT2D eigenvalue weighted by Crippen LogP contribution is 2.21. The number of piperazine rings is 1. The van der Waals surface area contributed by atoms with Crippen molar-refractivity contribution in [2.45, 2.75) is 19.4 Å². The molecule has 7 heteroatoms. The molecule has 2 aromatic carbocycles. The predicted octanol–water partition coefficient (Wildman–Crippen LogP) is 3.46. The number of hydrogen-bond donors (Lipinski definition) is 0. The van der Waals surface area contributed by atoms with Gasteiger partial charge in [0.15, 0.2) is 0 Å². The molecule has 2 aliphatic heterocycles. The number of likely N-dealkylation sites (tertiary alicyclic amines) is 1. The normalized spacial score (nSPS) is 19.9. The number of hydrogen-bond acceptors (Lipinski definition) is 3. The van der Waals surface area contributed by atoms with Crippen LogP contribution in [0.1, 0.15) is 32.7 Å². The van der Waals surface area contributed by atoms with Gasteiger partial charge in [0.25, 0.3) is 11.8 Å². The van der Waals surface area contributed by atoms with Crippen molar-refractivity contribution in [1.82, 2.24) is 14.7 Å². The van der Waals surface area contributed by atoms with Gasteiger partial charge in [-0.1, -0.05) is 11.6 Å². The molecule has 4 rings (SSSR count). The van der Waals surface area contributed by atoms with Crippen LogP contribution in [0.3, 0.4) is 0 Å². The Hall–Kier alpha value is -2.44. The number of benzene rings is 2. The Bertz CT molecular complexity index is 942. The van der Waals surface area contributed by atoms with Crippen molar-refractivity contribution < 1.29 is 14.0 Å². The number of carbonyl (C=O) groups is 2. The molecular formula is C23H25ClFN3O2. The molecule has 0 bridgehead atoms. The van der Waals surface area contributed by atoms with E-state index in [2.05, 4.69) is 4.90 Å². The molecule has 0 aromatic heterocycles. The Morgan fingerprint density at radius 3 is 2.20 bits per heavy atom. The van der Waals surface area contributed by atoms with Crippen molar-refractivity contribution in [2.24, 2.45) is 0 Å². The van der Waals surface area contributed by atoms with E-state index in [-0.39, 0.29) is 17.6 Å². The Labute approximate surface area is 181 Å². The van der Waals surface area contributed by atoms with Crippen LogP contribution in [0.5, 0.6) is 0 Å². The number of aryl methyl sites for hydroxylation is 1. The minimum Gasteiger partial charge on any atom is -0.337 e. The summed E-state index contributed by atoms with van der Waals surface area (Å²) in [6.45, 7) is 5.96. The van der Waals surface area contributed by atoms with E-state index in [0.717, 1.165) is 19.5 Å². The second-order valence-electron chi connectivity index (χ2n) is 7.99. The molecule has 1 atom stereocenters. The van der Waals surface area contributed by atoms with Crippen LogP contribution in [0.15, 0.2) is 42.5 Å². The van der Waals surface area contributed by atoms with Crippen molar-refractivity contribution >= 4 is 23.4 Å². The van der Waals surface area contributed by atoms with Gasteiger partial charge in [0.2, 0.25) is 0 Å². The van der Waals surface area contributed by atoms with E-state index < -0.39 is 0 Å². The minimum atomic E-state index is -0.295. The highest BCUT2D eigenvalue weighted by molar-refractivity contribution is 6.30. The van der Waals surface area contributed by atoms with Crippen LogP contribution >= 0.6 is 11.6 Å². The van der Waals surface area contributed by atoms with Crippen LogP contribution in [0.2, 0.25) is 5.02 Å². The van der Waals surface area contributed by atoms with E-state index in [1.807, 2.05) is 9.80 Å². The Kier molecular flexibility index (Phi) is 6.06. The third kappa shape index (κ3) is 4.35. The van der Waals surface area contributed by atoms with E-state index in [9.17, 15) is 14.0 Å². The first-order valence-corrected chi connectivity index (χ1v) is 10.6. The highest BCUT2D eigenvalue weighted by Gasteiger charge is 2.33. The summed E-state index contributed by atoms with van der Waals surface area (Å²) in [5.41, 5.74) is 1.67. The van der Waals surface area contributed by atoms with Crippen molar-refractivity contribution in [1.29, 1.82) is 0 Å². The lowest BCUT2D eigenvalue weighted by Gasteiger charge is -2.38. The molecule has 30 heavy (non-hydrogen) atoms. The summed E-state index contributed by atoms with van der Waals surface area (Å²) in [5, 5.41) is 0.618. The second kappa shape index (κ2) is 8.74. The Balaban J connectivity index is 1.31. The van der Waals surface area contributed by atoms with E-state index >= 15 is 0 Å². The van der Waals surface area contributed by atoms with Crippen molar-refractivity contribution in [3.8, 4) is 0 Å². The van der Waals surface area contributed by atoms with Crippen LogP contribution in [0.25, 0.3) is 0 Å². The van der Waals surface area contributed by atoms with Crippen molar-refractivity contribution in [2.75, 3.05) is 39.3 Å². The zero-order chi connectivity index (χ0) is 21.3. The summed E-state index contributed by atoms with van der Waals surface area (Å²) in [6, 6.07) is 11.8. The quantitative estimate of drug-likeness (QED) is 0.750. The van der Waals surface area contributed by atoms with Gasteiger partial charge in [-0.25, -0.2) is 4.39 Å². The van der Waals surface area contributed by atoms with Gasteiger partial charge in [-0.2, -0.15) is 0 Å². The fourth-order valence-corrected chi connectivity index (χ4v) is 4.38. The average Bonchev–Trinajstić information content (AvgIpc) is 3.25. The molecule has 2 heterocycles. The van der Waals surface area contributed by atoms with Gasteiger partial charge in [0.05, 0.1) is 0 Å². The molecule has 1 unspecified atom stereocenters. The molecule has 2 fully saturated rings. The largest absolute Gasteiger partial charge is 0.337 e. The maximum absolute atomic E-state index is 13.5. The predicted molar refractivity (Wildman–Crippen MR) is 114 cm³/mol. The number of halogens is 2. The van der Waals surface area contributed by atoms with Crippen molar-refractivity contribution in [3.05, 3.63) is 70.0 Å². The molecule has 158 valence electrons. The van der Waals surface area contributed by atoms with Crippen molar-refractivity contribution in [3.63, 3.8) is 0 Å². The van der Waals surface area contributed by atoms with E-state index in [4.69, 9.17) is 11.6 Å². The van der Waals surface area contributed by atoms with E-state index in [1.54, 1.807) is 43.3 Å². The summed E-state index contributed by atoms with van der Waals surface area (Å²) in [7, 11) is 0.